The highest BCUT2D eigenvalue weighted by atomic mass is 14.3. The van der Waals surface area contributed by atoms with Crippen molar-refractivity contribution < 1.29 is 0 Å². The smallest absolute Gasteiger partial charge is 0.0352 e. The van der Waals surface area contributed by atoms with E-state index in [1.54, 1.807) is 0 Å². The summed E-state index contributed by atoms with van der Waals surface area (Å²) in [4.78, 5) is 0. The second-order valence-electron chi connectivity index (χ2n) is 4.23. The normalized spacial score (nSPS) is 29.5. The van der Waals surface area contributed by atoms with Crippen LogP contribution >= 0.6 is 0 Å². The molecular weight excluding hydrogens is 132 g/mol. The summed E-state index contributed by atoms with van der Waals surface area (Å²) in [5.41, 5.74) is 0. The van der Waals surface area contributed by atoms with Crippen LogP contribution in [0.5, 0.6) is 0 Å². The van der Waals surface area contributed by atoms with Crippen LogP contribution in [0.2, 0.25) is 0 Å². The lowest BCUT2D eigenvalue weighted by Crippen LogP contribution is -2.15. The Morgan fingerprint density at radius 3 is 2.27 bits per heavy atom. The maximum Gasteiger partial charge on any atom is -0.0352 e. The third-order valence-corrected chi connectivity index (χ3v) is 3.47. The van der Waals surface area contributed by atoms with Crippen molar-refractivity contribution in [2.75, 3.05) is 0 Å². The zero-order chi connectivity index (χ0) is 7.52. The summed E-state index contributed by atoms with van der Waals surface area (Å²) >= 11 is 0. The first-order valence-electron chi connectivity index (χ1n) is 5.30. The molecule has 0 heterocycles. The third kappa shape index (κ3) is 1.77. The molecule has 2 aliphatic rings. The summed E-state index contributed by atoms with van der Waals surface area (Å²) in [6.45, 7) is 0. The second kappa shape index (κ2) is 3.60. The van der Waals surface area contributed by atoms with Gasteiger partial charge in [-0.15, -0.1) is 0 Å². The monoisotopic (exact) mass is 151 g/mol. The fraction of sp³-hybridized carbons (Fsp3) is 0.909. The van der Waals surface area contributed by atoms with E-state index in [-0.39, 0.29) is 0 Å². The van der Waals surface area contributed by atoms with Crippen LogP contribution in [0.25, 0.3) is 0 Å². The van der Waals surface area contributed by atoms with E-state index < -0.39 is 0 Å². The Balaban J connectivity index is 1.82. The van der Waals surface area contributed by atoms with Crippen LogP contribution in [0.4, 0.5) is 0 Å². The van der Waals surface area contributed by atoms with Gasteiger partial charge >= 0.3 is 0 Å². The Hall–Kier alpha value is 0. The van der Waals surface area contributed by atoms with Crippen molar-refractivity contribution >= 4 is 0 Å². The highest BCUT2D eigenvalue weighted by molar-refractivity contribution is 4.88. The summed E-state index contributed by atoms with van der Waals surface area (Å²) in [5, 5.41) is 0. The average Bonchev–Trinajstić information content (AvgIpc) is 2.58. The summed E-state index contributed by atoms with van der Waals surface area (Å²) in [6, 6.07) is 0. The SMILES string of the molecule is [CH]1CCCC1C1CCCCC1. The molecule has 0 heteroatoms. The largest absolute Gasteiger partial charge is 0.0533 e. The Labute approximate surface area is 70.4 Å². The van der Waals surface area contributed by atoms with Crippen LogP contribution in [-0.4, -0.2) is 0 Å². The van der Waals surface area contributed by atoms with Gasteiger partial charge in [-0.05, 0) is 31.1 Å². The van der Waals surface area contributed by atoms with Gasteiger partial charge in [-0.1, -0.05) is 38.5 Å². The third-order valence-electron chi connectivity index (χ3n) is 3.47. The molecule has 0 N–H and O–H groups in total. The molecule has 11 heavy (non-hydrogen) atoms. The molecule has 0 aromatic carbocycles. The lowest BCUT2D eigenvalue weighted by molar-refractivity contribution is 0.278. The molecule has 1 unspecified atom stereocenters. The van der Waals surface area contributed by atoms with Crippen molar-refractivity contribution in [1.82, 2.24) is 0 Å². The van der Waals surface area contributed by atoms with Gasteiger partial charge in [0.05, 0.1) is 0 Å². The minimum Gasteiger partial charge on any atom is -0.0533 e. The van der Waals surface area contributed by atoms with Gasteiger partial charge in [0.2, 0.25) is 0 Å². The van der Waals surface area contributed by atoms with E-state index >= 15 is 0 Å². The Morgan fingerprint density at radius 2 is 1.64 bits per heavy atom. The zero-order valence-electron chi connectivity index (χ0n) is 7.39. The van der Waals surface area contributed by atoms with E-state index in [0.29, 0.717) is 0 Å². The van der Waals surface area contributed by atoms with Gasteiger partial charge in [-0.2, -0.15) is 0 Å². The quantitative estimate of drug-likeness (QED) is 0.537. The molecule has 2 aliphatic carbocycles. The predicted molar refractivity (Wildman–Crippen MR) is 48.2 cm³/mol. The highest BCUT2D eigenvalue weighted by Gasteiger charge is 2.25. The van der Waals surface area contributed by atoms with Gasteiger partial charge < -0.3 is 0 Å². The van der Waals surface area contributed by atoms with Crippen LogP contribution in [0.3, 0.4) is 0 Å². The summed E-state index contributed by atoms with van der Waals surface area (Å²) in [5.74, 6) is 2.11. The van der Waals surface area contributed by atoms with Crippen LogP contribution in [-0.2, 0) is 0 Å². The van der Waals surface area contributed by atoms with E-state index in [0.717, 1.165) is 11.8 Å². The summed E-state index contributed by atoms with van der Waals surface area (Å²) in [7, 11) is 0. The van der Waals surface area contributed by atoms with Crippen molar-refractivity contribution in [3.63, 3.8) is 0 Å². The summed E-state index contributed by atoms with van der Waals surface area (Å²) in [6.07, 6.45) is 14.6. The lowest BCUT2D eigenvalue weighted by atomic mass is 9.79. The maximum absolute atomic E-state index is 2.59. The molecule has 1 radical (unpaired) electrons. The first kappa shape index (κ1) is 7.64. The zero-order valence-corrected chi connectivity index (χ0v) is 7.39. The molecule has 2 saturated carbocycles. The van der Waals surface area contributed by atoms with Crippen molar-refractivity contribution in [3.05, 3.63) is 6.42 Å². The predicted octanol–water partition coefficient (Wildman–Crippen LogP) is 3.57. The van der Waals surface area contributed by atoms with Gasteiger partial charge in [0, 0.05) is 0 Å². The molecule has 0 aromatic heterocycles. The molecule has 63 valence electrons. The minimum absolute atomic E-state index is 1.02. The van der Waals surface area contributed by atoms with Crippen molar-refractivity contribution in [3.8, 4) is 0 Å². The average molecular weight is 151 g/mol. The first-order chi connectivity index (χ1) is 5.47. The molecule has 2 rings (SSSR count). The van der Waals surface area contributed by atoms with Crippen LogP contribution in [0.1, 0.15) is 51.4 Å². The fourth-order valence-electron chi connectivity index (χ4n) is 2.79. The van der Waals surface area contributed by atoms with Crippen molar-refractivity contribution in [2.45, 2.75) is 51.4 Å². The minimum atomic E-state index is 1.02. The van der Waals surface area contributed by atoms with Gasteiger partial charge in [0.15, 0.2) is 0 Å². The summed E-state index contributed by atoms with van der Waals surface area (Å²) < 4.78 is 0. The lowest BCUT2D eigenvalue weighted by Gasteiger charge is -2.26. The fourth-order valence-corrected chi connectivity index (χ4v) is 2.79. The van der Waals surface area contributed by atoms with E-state index in [4.69, 9.17) is 0 Å². The van der Waals surface area contributed by atoms with Crippen molar-refractivity contribution in [2.24, 2.45) is 11.8 Å². The number of hydrogen-bond acceptors (Lipinski definition) is 0. The molecule has 2 fully saturated rings. The van der Waals surface area contributed by atoms with E-state index in [1.165, 1.54) is 51.4 Å². The molecule has 0 bridgehead atoms. The molecule has 1 atom stereocenters. The topological polar surface area (TPSA) is 0 Å². The second-order valence-corrected chi connectivity index (χ2v) is 4.23. The van der Waals surface area contributed by atoms with E-state index in [9.17, 15) is 0 Å². The van der Waals surface area contributed by atoms with Crippen LogP contribution < -0.4 is 0 Å². The molecule has 0 nitrogen and oxygen atoms in total. The maximum atomic E-state index is 2.59. The van der Waals surface area contributed by atoms with Gasteiger partial charge in [0.1, 0.15) is 0 Å². The van der Waals surface area contributed by atoms with Crippen LogP contribution in [0, 0.1) is 18.3 Å². The molecular formula is C11H19. The number of rotatable bonds is 1. The Bertz CT molecular complexity index is 105. The molecule has 0 aromatic rings. The standard InChI is InChI=1S/C11H19/c1-2-6-10(7-3-1)11-8-4-5-9-11/h8,10-11H,1-7,9H2. The van der Waals surface area contributed by atoms with E-state index in [2.05, 4.69) is 6.42 Å². The molecule has 0 amide bonds. The highest BCUT2D eigenvalue weighted by Crippen LogP contribution is 2.38. The first-order valence-corrected chi connectivity index (χ1v) is 5.30. The van der Waals surface area contributed by atoms with Crippen LogP contribution in [0.15, 0.2) is 0 Å². The van der Waals surface area contributed by atoms with Gasteiger partial charge in [-0.25, -0.2) is 0 Å². The Kier molecular flexibility index (Phi) is 2.50. The van der Waals surface area contributed by atoms with Gasteiger partial charge in [-0.3, -0.25) is 0 Å². The van der Waals surface area contributed by atoms with E-state index in [1.807, 2.05) is 0 Å². The molecule has 0 spiro atoms. The number of hydrogen-bond donors (Lipinski definition) is 0. The van der Waals surface area contributed by atoms with Gasteiger partial charge in [0.25, 0.3) is 0 Å². The molecule has 0 saturated heterocycles. The van der Waals surface area contributed by atoms with Crippen molar-refractivity contribution in [1.29, 1.82) is 0 Å². The molecule has 0 aliphatic heterocycles. The Morgan fingerprint density at radius 1 is 0.818 bits per heavy atom.